The van der Waals surface area contributed by atoms with E-state index in [0.29, 0.717) is 19.6 Å². The molecule has 0 saturated carbocycles. The molecule has 1 heterocycles. The van der Waals surface area contributed by atoms with Crippen LogP contribution in [0.5, 0.6) is 5.75 Å². The third kappa shape index (κ3) is 4.72. The average molecular weight is 274 g/mol. The molecule has 0 aliphatic heterocycles. The molecular formula is C14H18N4O2. The summed E-state index contributed by atoms with van der Waals surface area (Å²) in [6.07, 6.45) is 3.43. The molecule has 0 radical (unpaired) electrons. The lowest BCUT2D eigenvalue weighted by molar-refractivity contribution is -0.122. The lowest BCUT2D eigenvalue weighted by Crippen LogP contribution is -2.36. The Kier molecular flexibility index (Phi) is 5.11. The third-order valence-corrected chi connectivity index (χ3v) is 2.68. The van der Waals surface area contributed by atoms with Crippen molar-refractivity contribution < 1.29 is 9.53 Å². The van der Waals surface area contributed by atoms with Crippen molar-refractivity contribution >= 4 is 5.91 Å². The molecule has 6 heteroatoms. The van der Waals surface area contributed by atoms with Crippen LogP contribution in [0.1, 0.15) is 13.3 Å². The molecule has 0 bridgehead atoms. The number of amides is 1. The summed E-state index contributed by atoms with van der Waals surface area (Å²) in [6, 6.07) is 9.45. The predicted molar refractivity (Wildman–Crippen MR) is 74.2 cm³/mol. The summed E-state index contributed by atoms with van der Waals surface area (Å²) >= 11 is 0. The predicted octanol–water partition coefficient (Wildman–Crippen LogP) is 1.25. The third-order valence-electron chi connectivity index (χ3n) is 2.68. The molecule has 1 aromatic carbocycles. The first-order valence-corrected chi connectivity index (χ1v) is 6.53. The Hall–Kier alpha value is -2.37. The molecule has 0 aliphatic carbocycles. The number of benzene rings is 1. The largest absolute Gasteiger partial charge is 0.493 e. The Bertz CT molecular complexity index is 513. The van der Waals surface area contributed by atoms with Crippen molar-refractivity contribution in [1.82, 2.24) is 20.1 Å². The van der Waals surface area contributed by atoms with Crippen molar-refractivity contribution in [3.63, 3.8) is 0 Å². The van der Waals surface area contributed by atoms with Crippen LogP contribution in [0.3, 0.4) is 0 Å². The van der Waals surface area contributed by atoms with Crippen LogP contribution < -0.4 is 10.1 Å². The normalized spacial score (nSPS) is 11.8. The van der Waals surface area contributed by atoms with Crippen LogP contribution in [0.2, 0.25) is 0 Å². The summed E-state index contributed by atoms with van der Waals surface area (Å²) in [4.78, 5) is 15.6. The van der Waals surface area contributed by atoms with Gasteiger partial charge in [-0.05, 0) is 19.1 Å². The Morgan fingerprint density at radius 2 is 2.20 bits per heavy atom. The van der Waals surface area contributed by atoms with E-state index in [0.717, 1.165) is 5.75 Å². The molecular weight excluding hydrogens is 256 g/mol. The molecule has 2 aromatic rings. The van der Waals surface area contributed by atoms with Gasteiger partial charge in [0, 0.05) is 6.04 Å². The van der Waals surface area contributed by atoms with Gasteiger partial charge in [-0.25, -0.2) is 4.98 Å². The molecule has 0 spiro atoms. The lowest BCUT2D eigenvalue weighted by atomic mass is 10.3. The molecule has 0 saturated heterocycles. The van der Waals surface area contributed by atoms with E-state index in [1.807, 2.05) is 37.3 Å². The summed E-state index contributed by atoms with van der Waals surface area (Å²) in [7, 11) is 0. The number of hydrogen-bond acceptors (Lipinski definition) is 4. The zero-order chi connectivity index (χ0) is 14.2. The average Bonchev–Trinajstić information content (AvgIpc) is 2.92. The molecule has 1 amide bonds. The Morgan fingerprint density at radius 1 is 1.40 bits per heavy atom. The van der Waals surface area contributed by atoms with Crippen molar-refractivity contribution in [2.45, 2.75) is 25.9 Å². The van der Waals surface area contributed by atoms with E-state index in [2.05, 4.69) is 15.4 Å². The molecule has 106 valence electrons. The van der Waals surface area contributed by atoms with Crippen molar-refractivity contribution in [2.24, 2.45) is 0 Å². The topological polar surface area (TPSA) is 69.0 Å². The standard InChI is InChI=1S/C14H18N4O2/c1-12(9-18-11-15-10-16-18)17-14(19)7-8-20-13-5-3-2-4-6-13/h2-6,10-12H,7-9H2,1H3,(H,17,19)/t12-/m0/s1. The number of nitrogens with zero attached hydrogens (tertiary/aromatic N) is 3. The lowest BCUT2D eigenvalue weighted by Gasteiger charge is -2.13. The Labute approximate surface area is 117 Å². The number of rotatable bonds is 7. The van der Waals surface area contributed by atoms with Gasteiger partial charge in [0.05, 0.1) is 19.6 Å². The highest BCUT2D eigenvalue weighted by Crippen LogP contribution is 2.08. The van der Waals surface area contributed by atoms with Gasteiger partial charge >= 0.3 is 0 Å². The van der Waals surface area contributed by atoms with Gasteiger partial charge in [-0.1, -0.05) is 18.2 Å². The van der Waals surface area contributed by atoms with E-state index in [9.17, 15) is 4.79 Å². The maximum absolute atomic E-state index is 11.7. The van der Waals surface area contributed by atoms with Gasteiger partial charge in [-0.2, -0.15) is 5.10 Å². The number of aromatic nitrogens is 3. The number of carbonyl (C=O) groups excluding carboxylic acids is 1. The zero-order valence-corrected chi connectivity index (χ0v) is 11.4. The first-order chi connectivity index (χ1) is 9.74. The smallest absolute Gasteiger partial charge is 0.223 e. The van der Waals surface area contributed by atoms with Crippen molar-refractivity contribution in [3.05, 3.63) is 43.0 Å². The number of hydrogen-bond donors (Lipinski definition) is 1. The van der Waals surface area contributed by atoms with Crippen molar-refractivity contribution in [1.29, 1.82) is 0 Å². The summed E-state index contributed by atoms with van der Waals surface area (Å²) in [5.41, 5.74) is 0. The maximum Gasteiger partial charge on any atom is 0.223 e. The van der Waals surface area contributed by atoms with Crippen LogP contribution in [0.25, 0.3) is 0 Å². The maximum atomic E-state index is 11.7. The minimum Gasteiger partial charge on any atom is -0.493 e. The van der Waals surface area contributed by atoms with Gasteiger partial charge < -0.3 is 10.1 Å². The molecule has 1 aromatic heterocycles. The fourth-order valence-electron chi connectivity index (χ4n) is 1.78. The summed E-state index contributed by atoms with van der Waals surface area (Å²) in [6.45, 7) is 2.90. The van der Waals surface area contributed by atoms with E-state index in [1.54, 1.807) is 11.0 Å². The van der Waals surface area contributed by atoms with Crippen molar-refractivity contribution in [3.8, 4) is 5.75 Å². The molecule has 0 fully saturated rings. The Morgan fingerprint density at radius 3 is 2.90 bits per heavy atom. The summed E-state index contributed by atoms with van der Waals surface area (Å²) in [5, 5.41) is 6.89. The Balaban J connectivity index is 1.65. The van der Waals surface area contributed by atoms with Crippen LogP contribution in [0.15, 0.2) is 43.0 Å². The summed E-state index contributed by atoms with van der Waals surface area (Å²) in [5.74, 6) is 0.740. The van der Waals surface area contributed by atoms with Gasteiger partial charge in [-0.15, -0.1) is 0 Å². The van der Waals surface area contributed by atoms with Crippen LogP contribution in [0, 0.1) is 0 Å². The van der Waals surface area contributed by atoms with Crippen LogP contribution in [-0.4, -0.2) is 33.3 Å². The fraction of sp³-hybridized carbons (Fsp3) is 0.357. The van der Waals surface area contributed by atoms with Crippen LogP contribution in [0.4, 0.5) is 0 Å². The van der Waals surface area contributed by atoms with E-state index in [1.165, 1.54) is 6.33 Å². The van der Waals surface area contributed by atoms with Gasteiger partial charge in [-0.3, -0.25) is 9.48 Å². The minimum absolute atomic E-state index is 0.000857. The van der Waals surface area contributed by atoms with E-state index in [4.69, 9.17) is 4.74 Å². The molecule has 2 rings (SSSR count). The molecule has 1 N–H and O–H groups in total. The van der Waals surface area contributed by atoms with Gasteiger partial charge in [0.2, 0.25) is 5.91 Å². The van der Waals surface area contributed by atoms with Gasteiger partial charge in [0.1, 0.15) is 18.4 Å². The van der Waals surface area contributed by atoms with Gasteiger partial charge in [0.25, 0.3) is 0 Å². The minimum atomic E-state index is -0.0338. The highest BCUT2D eigenvalue weighted by Gasteiger charge is 2.08. The first-order valence-electron chi connectivity index (χ1n) is 6.53. The van der Waals surface area contributed by atoms with Crippen LogP contribution >= 0.6 is 0 Å². The van der Waals surface area contributed by atoms with Gasteiger partial charge in [0.15, 0.2) is 0 Å². The van der Waals surface area contributed by atoms with E-state index < -0.39 is 0 Å². The molecule has 20 heavy (non-hydrogen) atoms. The number of carbonyl (C=O) groups is 1. The molecule has 6 nitrogen and oxygen atoms in total. The molecule has 1 atom stereocenters. The second-order valence-corrected chi connectivity index (χ2v) is 4.50. The first kappa shape index (κ1) is 14.0. The van der Waals surface area contributed by atoms with Crippen LogP contribution in [-0.2, 0) is 11.3 Å². The molecule has 0 aliphatic rings. The molecule has 0 unspecified atom stereocenters. The van der Waals surface area contributed by atoms with Crippen molar-refractivity contribution in [2.75, 3.05) is 6.61 Å². The zero-order valence-electron chi connectivity index (χ0n) is 11.4. The summed E-state index contributed by atoms with van der Waals surface area (Å²) < 4.78 is 7.16. The monoisotopic (exact) mass is 274 g/mol. The second-order valence-electron chi connectivity index (χ2n) is 4.50. The highest BCUT2D eigenvalue weighted by molar-refractivity contribution is 5.76. The second kappa shape index (κ2) is 7.28. The quantitative estimate of drug-likeness (QED) is 0.825. The highest BCUT2D eigenvalue weighted by atomic mass is 16.5. The SMILES string of the molecule is C[C@@H](Cn1cncn1)NC(=O)CCOc1ccccc1. The fourth-order valence-corrected chi connectivity index (χ4v) is 1.78. The van der Waals surface area contributed by atoms with E-state index in [-0.39, 0.29) is 11.9 Å². The van der Waals surface area contributed by atoms with E-state index >= 15 is 0 Å². The number of ether oxygens (including phenoxy) is 1. The number of para-hydroxylation sites is 1. The number of nitrogens with one attached hydrogen (secondary N) is 1.